The summed E-state index contributed by atoms with van der Waals surface area (Å²) in [6, 6.07) is 0. The minimum absolute atomic E-state index is 0. The number of hydrogen-bond acceptors (Lipinski definition) is 0. The van der Waals surface area contributed by atoms with Crippen LogP contribution >= 0.6 is 0 Å². The molecule has 0 N–H and O–H groups in total. The maximum Gasteiger partial charge on any atom is 1.00 e. The van der Waals surface area contributed by atoms with E-state index >= 15 is 0 Å². The summed E-state index contributed by atoms with van der Waals surface area (Å²) in [4.78, 5) is 0. The molecule has 0 unspecified atom stereocenters. The van der Waals surface area contributed by atoms with Crippen LogP contribution in [0.25, 0.3) is 0 Å². The Kier molecular flexibility index (Phi) is 9.08. The van der Waals surface area contributed by atoms with E-state index in [9.17, 15) is 0 Å². The van der Waals surface area contributed by atoms with Crippen LogP contribution in [0.2, 0.25) is 0 Å². The fraction of sp³-hybridized carbons (Fsp3) is 0.500. The molecule has 0 heterocycles. The largest absolute Gasteiger partial charge is 1.00 e. The first-order valence-electron chi connectivity index (χ1n) is 2.20. The van der Waals surface area contributed by atoms with Gasteiger partial charge in [0.05, 0.1) is 0 Å². The third-order valence-corrected chi connectivity index (χ3v) is 0.500. The van der Waals surface area contributed by atoms with Crippen LogP contribution in [0.1, 0.15) is 20.8 Å². The van der Waals surface area contributed by atoms with E-state index in [-0.39, 0.29) is 18.9 Å². The minimum Gasteiger partial charge on any atom is -0.233 e. The Hall–Kier alpha value is 0.207. The Balaban J connectivity index is 0. The molecule has 0 atom stereocenters. The van der Waals surface area contributed by atoms with Crippen molar-refractivity contribution in [3.8, 4) is 0 Å². The Morgan fingerprint density at radius 3 is 1.86 bits per heavy atom. The normalized spacial score (nSPS) is 6.14. The third-order valence-electron chi connectivity index (χ3n) is 0.500. The average molecular weight is 90.1 g/mol. The summed E-state index contributed by atoms with van der Waals surface area (Å²) in [6.07, 6.45) is 4.12. The van der Waals surface area contributed by atoms with Crippen molar-refractivity contribution >= 4 is 0 Å². The fourth-order valence-electron chi connectivity index (χ4n) is 0.333. The van der Waals surface area contributed by atoms with Gasteiger partial charge in [-0.25, -0.2) is 18.1 Å². The maximum atomic E-state index is 2.08. The molecule has 0 amide bonds. The monoisotopic (exact) mass is 90.1 g/mol. The molecule has 0 saturated heterocycles. The molecule has 0 fully saturated rings. The van der Waals surface area contributed by atoms with Crippen LogP contribution in [0.3, 0.4) is 0 Å². The van der Waals surface area contributed by atoms with E-state index in [1.165, 1.54) is 5.57 Å². The number of hydrogen-bond donors (Lipinski definition) is 0. The minimum atomic E-state index is 0. The van der Waals surface area contributed by atoms with E-state index in [1.807, 2.05) is 13.3 Å². The molecule has 0 aromatic rings. The Labute approximate surface area is 58.2 Å². The molecule has 0 radical (unpaired) electrons. The van der Waals surface area contributed by atoms with E-state index in [0.717, 1.165) is 0 Å². The van der Waals surface area contributed by atoms with Crippen molar-refractivity contribution < 1.29 is 18.9 Å². The zero-order valence-corrected chi connectivity index (χ0v) is 5.65. The van der Waals surface area contributed by atoms with Crippen molar-refractivity contribution in [2.45, 2.75) is 20.8 Å². The van der Waals surface area contributed by atoms with E-state index in [1.54, 1.807) is 0 Å². The Bertz CT molecular complexity index is 51.2. The van der Waals surface area contributed by atoms with Crippen LogP contribution in [0.5, 0.6) is 0 Å². The van der Waals surface area contributed by atoms with Crippen LogP contribution in [-0.4, -0.2) is 0 Å². The van der Waals surface area contributed by atoms with Gasteiger partial charge < -0.3 is 0 Å². The number of allylic oxidation sites excluding steroid dienone is 2. The van der Waals surface area contributed by atoms with Gasteiger partial charge in [-0.1, -0.05) is 0 Å². The van der Waals surface area contributed by atoms with E-state index in [4.69, 9.17) is 0 Å². The summed E-state index contributed by atoms with van der Waals surface area (Å²) in [5.74, 6) is 0. The summed E-state index contributed by atoms with van der Waals surface area (Å²) in [7, 11) is 0. The number of rotatable bonds is 1. The molecule has 0 aliphatic rings. The van der Waals surface area contributed by atoms with Gasteiger partial charge in [-0.3, -0.25) is 0 Å². The molecule has 0 rings (SSSR count). The fourth-order valence-corrected chi connectivity index (χ4v) is 0.333. The molecule has 0 bridgehead atoms. The third kappa shape index (κ3) is 10.7. The van der Waals surface area contributed by atoms with E-state index in [2.05, 4.69) is 19.9 Å². The molecule has 1 heteroatoms. The summed E-state index contributed by atoms with van der Waals surface area (Å²) < 4.78 is 0. The summed E-state index contributed by atoms with van der Waals surface area (Å²) in [6.45, 7) is 6.19. The van der Waals surface area contributed by atoms with Crippen molar-refractivity contribution in [2.24, 2.45) is 0 Å². The molecular formula is C6H11Li. The second kappa shape index (κ2) is 6.21. The van der Waals surface area contributed by atoms with Crippen LogP contribution in [0, 0.1) is 6.42 Å². The topological polar surface area (TPSA) is 0 Å². The van der Waals surface area contributed by atoms with Gasteiger partial charge >= 0.3 is 18.9 Å². The maximum absolute atomic E-state index is 2.08. The molecule has 36 valence electrons. The van der Waals surface area contributed by atoms with Gasteiger partial charge in [0.1, 0.15) is 0 Å². The standard InChI is InChI=1S/C6H11.Li/c1-4-5-6(2)3;/h4-5H,1-3H3;/q-1;+1. The van der Waals surface area contributed by atoms with Crippen LogP contribution in [0.4, 0.5) is 0 Å². The smallest absolute Gasteiger partial charge is 0.233 e. The molecule has 0 spiro atoms. The van der Waals surface area contributed by atoms with Crippen molar-refractivity contribution in [1.82, 2.24) is 0 Å². The van der Waals surface area contributed by atoms with Crippen molar-refractivity contribution in [2.75, 3.05) is 0 Å². The SMILES string of the molecule is C[CH-]C=C(C)C.[Li+]. The quantitative estimate of drug-likeness (QED) is 0.291. The Morgan fingerprint density at radius 2 is 1.86 bits per heavy atom. The molecule has 0 saturated carbocycles. The molecule has 0 aromatic heterocycles. The molecule has 0 aliphatic carbocycles. The predicted molar refractivity (Wildman–Crippen MR) is 29.4 cm³/mol. The van der Waals surface area contributed by atoms with Crippen molar-refractivity contribution in [1.29, 1.82) is 0 Å². The van der Waals surface area contributed by atoms with Gasteiger partial charge in [-0.2, -0.15) is 0 Å². The van der Waals surface area contributed by atoms with Crippen LogP contribution < -0.4 is 18.9 Å². The van der Waals surface area contributed by atoms with E-state index in [0.29, 0.717) is 0 Å². The first-order chi connectivity index (χ1) is 2.77. The van der Waals surface area contributed by atoms with Crippen molar-refractivity contribution in [3.63, 3.8) is 0 Å². The first kappa shape index (κ1) is 10.2. The second-order valence-corrected chi connectivity index (χ2v) is 1.58. The summed E-state index contributed by atoms with van der Waals surface area (Å²) in [5, 5.41) is 0. The molecule has 7 heavy (non-hydrogen) atoms. The van der Waals surface area contributed by atoms with Gasteiger partial charge in [0.25, 0.3) is 0 Å². The van der Waals surface area contributed by atoms with Gasteiger partial charge in [0.15, 0.2) is 0 Å². The van der Waals surface area contributed by atoms with Crippen molar-refractivity contribution in [3.05, 3.63) is 18.1 Å². The summed E-state index contributed by atoms with van der Waals surface area (Å²) in [5.41, 5.74) is 1.36. The molecule has 0 aromatic carbocycles. The van der Waals surface area contributed by atoms with Crippen LogP contribution in [0.15, 0.2) is 11.6 Å². The Morgan fingerprint density at radius 1 is 1.43 bits per heavy atom. The molecule has 0 nitrogen and oxygen atoms in total. The zero-order chi connectivity index (χ0) is 4.99. The van der Waals surface area contributed by atoms with Gasteiger partial charge in [-0.05, 0) is 0 Å². The molecule has 0 aliphatic heterocycles. The zero-order valence-electron chi connectivity index (χ0n) is 5.65. The second-order valence-electron chi connectivity index (χ2n) is 1.58. The summed E-state index contributed by atoms with van der Waals surface area (Å²) >= 11 is 0. The van der Waals surface area contributed by atoms with Gasteiger partial charge in [0, 0.05) is 0 Å². The van der Waals surface area contributed by atoms with E-state index < -0.39 is 0 Å². The predicted octanol–water partition coefficient (Wildman–Crippen LogP) is -0.819. The van der Waals surface area contributed by atoms with Gasteiger partial charge in [-0.15, -0.1) is 20.8 Å². The van der Waals surface area contributed by atoms with Crippen LogP contribution in [-0.2, 0) is 0 Å². The van der Waals surface area contributed by atoms with Gasteiger partial charge in [0.2, 0.25) is 0 Å². The average Bonchev–Trinajstić information content (AvgIpc) is 1.35. The molecular weight excluding hydrogens is 79.0 g/mol. The first-order valence-corrected chi connectivity index (χ1v) is 2.20.